The van der Waals surface area contributed by atoms with Crippen LogP contribution in [0.15, 0.2) is 12.1 Å². The first-order valence-corrected chi connectivity index (χ1v) is 7.82. The van der Waals surface area contributed by atoms with Crippen LogP contribution < -0.4 is 10.1 Å². The summed E-state index contributed by atoms with van der Waals surface area (Å²) in [6.45, 7) is 6.93. The minimum absolute atomic E-state index is 0.0548. The lowest BCUT2D eigenvalue weighted by atomic mass is 10.1. The second-order valence-electron chi connectivity index (χ2n) is 6.41. The summed E-state index contributed by atoms with van der Waals surface area (Å²) in [5, 5.41) is 2.17. The monoisotopic (exact) mass is 345 g/mol. The van der Waals surface area contributed by atoms with Gasteiger partial charge in [0.15, 0.2) is 5.82 Å². The molecule has 1 aromatic rings. The van der Waals surface area contributed by atoms with E-state index in [1.165, 1.54) is 12.1 Å². The third-order valence-electron chi connectivity index (χ3n) is 3.18. The third kappa shape index (κ3) is 5.25. The van der Waals surface area contributed by atoms with Gasteiger partial charge in [-0.2, -0.15) is 0 Å². The second kappa shape index (κ2) is 7.36. The Morgan fingerprint density at radius 3 is 2.83 bits per heavy atom. The maximum Gasteiger partial charge on any atom is 0.412 e. The van der Waals surface area contributed by atoms with E-state index in [1.807, 2.05) is 0 Å². The highest BCUT2D eigenvalue weighted by Crippen LogP contribution is 2.33. The van der Waals surface area contributed by atoms with Crippen LogP contribution in [0.2, 0.25) is 5.02 Å². The summed E-state index contributed by atoms with van der Waals surface area (Å²) in [6, 6.07) is 2.92. The second-order valence-corrected chi connectivity index (χ2v) is 6.78. The van der Waals surface area contributed by atoms with Crippen molar-refractivity contribution in [3.8, 4) is 5.75 Å². The van der Waals surface area contributed by atoms with Crippen molar-refractivity contribution < 1.29 is 23.4 Å². The van der Waals surface area contributed by atoms with Gasteiger partial charge in [0.25, 0.3) is 0 Å². The minimum Gasteiger partial charge on any atom is -0.492 e. The number of ether oxygens (including phenoxy) is 3. The molecule has 1 amide bonds. The van der Waals surface area contributed by atoms with Gasteiger partial charge in [-0.3, -0.25) is 5.32 Å². The number of benzene rings is 1. The van der Waals surface area contributed by atoms with Gasteiger partial charge in [0.1, 0.15) is 16.4 Å². The first-order valence-electron chi connectivity index (χ1n) is 7.45. The number of carbonyl (C=O) groups excluding carboxylic acids is 1. The zero-order valence-electron chi connectivity index (χ0n) is 13.4. The molecule has 0 spiro atoms. The normalized spacial score (nSPS) is 17.9. The Labute approximate surface area is 140 Å². The average Bonchev–Trinajstić information content (AvgIpc) is 2.94. The molecular weight excluding hydrogens is 325 g/mol. The number of hydrogen-bond donors (Lipinski definition) is 1. The van der Waals surface area contributed by atoms with Crippen LogP contribution in [-0.2, 0) is 9.47 Å². The SMILES string of the molecule is CC(C)(C)OC(=O)Nc1ccc(OCC2CCOC2)c(Cl)c1F. The fourth-order valence-electron chi connectivity index (χ4n) is 2.08. The largest absolute Gasteiger partial charge is 0.492 e. The van der Waals surface area contributed by atoms with E-state index in [0.717, 1.165) is 13.0 Å². The number of nitrogens with one attached hydrogen (secondary N) is 1. The van der Waals surface area contributed by atoms with E-state index >= 15 is 0 Å². The Kier molecular flexibility index (Phi) is 5.70. The number of halogens is 2. The summed E-state index contributed by atoms with van der Waals surface area (Å²) in [6.07, 6.45) is 0.169. The smallest absolute Gasteiger partial charge is 0.412 e. The lowest BCUT2D eigenvalue weighted by Crippen LogP contribution is -2.27. The maximum atomic E-state index is 14.2. The highest BCUT2D eigenvalue weighted by molar-refractivity contribution is 6.32. The Morgan fingerprint density at radius 1 is 1.48 bits per heavy atom. The molecule has 1 aliphatic rings. The number of hydrogen-bond acceptors (Lipinski definition) is 4. The fourth-order valence-corrected chi connectivity index (χ4v) is 2.30. The van der Waals surface area contributed by atoms with Crippen molar-refractivity contribution in [3.63, 3.8) is 0 Å². The van der Waals surface area contributed by atoms with E-state index in [2.05, 4.69) is 5.32 Å². The van der Waals surface area contributed by atoms with Crippen molar-refractivity contribution in [1.82, 2.24) is 0 Å². The van der Waals surface area contributed by atoms with Crippen LogP contribution in [0, 0.1) is 11.7 Å². The van der Waals surface area contributed by atoms with E-state index in [1.54, 1.807) is 20.8 Å². The van der Waals surface area contributed by atoms with Crippen molar-refractivity contribution in [2.45, 2.75) is 32.8 Å². The maximum absolute atomic E-state index is 14.2. The summed E-state index contributed by atoms with van der Waals surface area (Å²) in [5.41, 5.74) is -0.725. The highest BCUT2D eigenvalue weighted by Gasteiger charge is 2.21. The van der Waals surface area contributed by atoms with Gasteiger partial charge in [-0.25, -0.2) is 9.18 Å². The van der Waals surface area contributed by atoms with Crippen molar-refractivity contribution >= 4 is 23.4 Å². The molecule has 0 aromatic heterocycles. The molecule has 0 saturated carbocycles. The molecule has 0 radical (unpaired) electrons. The lowest BCUT2D eigenvalue weighted by molar-refractivity contribution is 0.0635. The van der Waals surface area contributed by atoms with Gasteiger partial charge in [-0.1, -0.05) is 11.6 Å². The Hall–Kier alpha value is -1.53. The van der Waals surface area contributed by atoms with E-state index in [-0.39, 0.29) is 22.4 Å². The molecule has 1 atom stereocenters. The predicted octanol–water partition coefficient (Wildman–Crippen LogP) is 4.24. The minimum atomic E-state index is -0.752. The molecule has 0 bridgehead atoms. The zero-order chi connectivity index (χ0) is 17.0. The van der Waals surface area contributed by atoms with Gasteiger partial charge in [-0.05, 0) is 39.3 Å². The molecule has 1 aromatic carbocycles. The fraction of sp³-hybridized carbons (Fsp3) is 0.562. The molecule has 23 heavy (non-hydrogen) atoms. The first kappa shape index (κ1) is 17.8. The topological polar surface area (TPSA) is 56.8 Å². The van der Waals surface area contributed by atoms with Crippen molar-refractivity contribution in [2.75, 3.05) is 25.1 Å². The summed E-state index contributed by atoms with van der Waals surface area (Å²) in [7, 11) is 0. The molecule has 1 fully saturated rings. The van der Waals surface area contributed by atoms with E-state index < -0.39 is 17.5 Å². The van der Waals surface area contributed by atoms with E-state index in [0.29, 0.717) is 13.2 Å². The third-order valence-corrected chi connectivity index (χ3v) is 3.53. The van der Waals surface area contributed by atoms with E-state index in [4.69, 9.17) is 25.8 Å². The number of amides is 1. The number of carbonyl (C=O) groups is 1. The number of anilines is 1. The van der Waals surface area contributed by atoms with Crippen LogP contribution in [0.1, 0.15) is 27.2 Å². The molecule has 1 saturated heterocycles. The standard InChI is InChI=1S/C16H21ClFNO4/c1-16(2,3)23-15(20)19-11-4-5-12(13(17)14(11)18)22-9-10-6-7-21-8-10/h4-5,10H,6-9H2,1-3H3,(H,19,20). The van der Waals surface area contributed by atoms with Crippen LogP contribution in [0.3, 0.4) is 0 Å². The van der Waals surface area contributed by atoms with Gasteiger partial charge in [0.2, 0.25) is 0 Å². The van der Waals surface area contributed by atoms with Gasteiger partial charge in [-0.15, -0.1) is 0 Å². The average molecular weight is 346 g/mol. The van der Waals surface area contributed by atoms with Crippen molar-refractivity contribution in [2.24, 2.45) is 5.92 Å². The van der Waals surface area contributed by atoms with Crippen molar-refractivity contribution in [3.05, 3.63) is 23.0 Å². The van der Waals surface area contributed by atoms with Crippen LogP contribution >= 0.6 is 11.6 Å². The van der Waals surface area contributed by atoms with Crippen LogP contribution in [0.4, 0.5) is 14.9 Å². The molecule has 128 valence electrons. The lowest BCUT2D eigenvalue weighted by Gasteiger charge is -2.20. The highest BCUT2D eigenvalue weighted by atomic mass is 35.5. The molecule has 7 heteroatoms. The van der Waals surface area contributed by atoms with Crippen LogP contribution in [-0.4, -0.2) is 31.5 Å². The van der Waals surface area contributed by atoms with Gasteiger partial charge in [0, 0.05) is 12.5 Å². The van der Waals surface area contributed by atoms with Gasteiger partial charge in [0.05, 0.1) is 18.9 Å². The Bertz CT molecular complexity index is 568. The Balaban J connectivity index is 2.00. The van der Waals surface area contributed by atoms with Gasteiger partial charge < -0.3 is 14.2 Å². The molecule has 1 heterocycles. The Morgan fingerprint density at radius 2 is 2.22 bits per heavy atom. The van der Waals surface area contributed by atoms with Gasteiger partial charge >= 0.3 is 6.09 Å². The van der Waals surface area contributed by atoms with Crippen LogP contribution in [0.5, 0.6) is 5.75 Å². The predicted molar refractivity (Wildman–Crippen MR) is 85.7 cm³/mol. The van der Waals surface area contributed by atoms with Crippen LogP contribution in [0.25, 0.3) is 0 Å². The zero-order valence-corrected chi connectivity index (χ0v) is 14.2. The molecule has 1 aliphatic heterocycles. The molecule has 1 N–H and O–H groups in total. The summed E-state index contributed by atoms with van der Waals surface area (Å²) in [5.74, 6) is -0.225. The van der Waals surface area contributed by atoms with Crippen molar-refractivity contribution in [1.29, 1.82) is 0 Å². The summed E-state index contributed by atoms with van der Waals surface area (Å²) >= 11 is 5.98. The molecule has 2 rings (SSSR count). The van der Waals surface area contributed by atoms with E-state index in [9.17, 15) is 9.18 Å². The summed E-state index contributed by atoms with van der Waals surface area (Å²) in [4.78, 5) is 11.7. The first-order chi connectivity index (χ1) is 10.8. The molecular formula is C16H21ClFNO4. The number of rotatable bonds is 4. The molecule has 0 aliphatic carbocycles. The summed E-state index contributed by atoms with van der Waals surface area (Å²) < 4.78 is 30.1. The molecule has 5 nitrogen and oxygen atoms in total. The molecule has 1 unspecified atom stereocenters. The quantitative estimate of drug-likeness (QED) is 0.886.